The Labute approximate surface area is 203 Å². The summed E-state index contributed by atoms with van der Waals surface area (Å²) in [5.41, 5.74) is 2.80. The van der Waals surface area contributed by atoms with Crippen molar-refractivity contribution >= 4 is 46.1 Å². The molecule has 2 aliphatic rings. The molecule has 0 saturated carbocycles. The minimum absolute atomic E-state index is 0.00512. The second kappa shape index (κ2) is 9.49. The van der Waals surface area contributed by atoms with Crippen molar-refractivity contribution in [1.29, 1.82) is 0 Å². The molecular weight excluding hydrogens is 461 g/mol. The molecule has 2 fully saturated rings. The number of nitrogens with one attached hydrogen (secondary N) is 1. The number of imidazole rings is 1. The first-order chi connectivity index (χ1) is 16.0. The number of carbonyl (C=O) groups excluding carboxylic acids is 1. The number of carbonyl (C=O) groups is 1. The summed E-state index contributed by atoms with van der Waals surface area (Å²) in [4.78, 5) is 24.5. The number of rotatable bonds is 5. The molecule has 0 radical (unpaired) electrons. The summed E-state index contributed by atoms with van der Waals surface area (Å²) >= 11 is 12.6. The Morgan fingerprint density at radius 2 is 1.97 bits per heavy atom. The molecule has 9 heteroatoms. The molecule has 4 heterocycles. The van der Waals surface area contributed by atoms with Crippen LogP contribution in [0, 0.1) is 5.92 Å². The Morgan fingerprint density at radius 3 is 2.64 bits per heavy atom. The summed E-state index contributed by atoms with van der Waals surface area (Å²) in [6, 6.07) is 7.87. The van der Waals surface area contributed by atoms with Crippen molar-refractivity contribution in [3.05, 3.63) is 46.1 Å². The fraction of sp³-hybridized carbons (Fsp3) is 0.458. The third-order valence-electron chi connectivity index (χ3n) is 6.55. The van der Waals surface area contributed by atoms with Gasteiger partial charge in [0.1, 0.15) is 5.82 Å². The predicted molar refractivity (Wildman–Crippen MR) is 131 cm³/mol. The number of fused-ring (bicyclic) bond motifs is 1. The molecule has 33 heavy (non-hydrogen) atoms. The number of ether oxygens (including phenoxy) is 1. The number of hydrogen-bond donors (Lipinski definition) is 1. The normalized spacial score (nSPS) is 19.4. The quantitative estimate of drug-likeness (QED) is 0.576. The Hall–Kier alpha value is -2.35. The lowest BCUT2D eigenvalue weighted by molar-refractivity contribution is -0.126. The van der Waals surface area contributed by atoms with E-state index in [9.17, 15) is 4.79 Å². The zero-order valence-electron chi connectivity index (χ0n) is 18.6. The van der Waals surface area contributed by atoms with Crippen LogP contribution in [0.5, 0.6) is 0 Å². The fourth-order valence-electron chi connectivity index (χ4n) is 4.57. The van der Waals surface area contributed by atoms with Crippen molar-refractivity contribution in [1.82, 2.24) is 19.9 Å². The molecule has 2 aromatic heterocycles. The van der Waals surface area contributed by atoms with E-state index >= 15 is 0 Å². The van der Waals surface area contributed by atoms with E-state index < -0.39 is 0 Å². The van der Waals surface area contributed by atoms with Crippen molar-refractivity contribution in [3.63, 3.8) is 0 Å². The van der Waals surface area contributed by atoms with Crippen LogP contribution in [0.25, 0.3) is 16.9 Å². The summed E-state index contributed by atoms with van der Waals surface area (Å²) in [6.07, 6.45) is 5.25. The van der Waals surface area contributed by atoms with E-state index in [1.807, 2.05) is 22.9 Å². The monoisotopic (exact) mass is 487 g/mol. The molecule has 0 bridgehead atoms. The maximum Gasteiger partial charge on any atom is 0.223 e. The van der Waals surface area contributed by atoms with Crippen LogP contribution in [0.1, 0.15) is 31.7 Å². The number of amides is 1. The first-order valence-electron chi connectivity index (χ1n) is 11.5. The average molecular weight is 488 g/mol. The molecule has 5 rings (SSSR count). The van der Waals surface area contributed by atoms with Gasteiger partial charge in [0.2, 0.25) is 11.9 Å². The topological polar surface area (TPSA) is 72.3 Å². The van der Waals surface area contributed by atoms with Crippen molar-refractivity contribution < 1.29 is 9.53 Å². The molecule has 174 valence electrons. The standard InChI is InChI=1S/C24H27Cl2N5O2/c1-2-15-3-4-22(27-13-15)31-21-12-19(26)18(25)11-20(21)29-24(31)30-8-5-16(6-9-30)23(32)28-17-7-10-33-14-17/h3-4,11-13,16-17H,2,5-10,14H2,1H3,(H,28,32)/t17-/m1/s1. The lowest BCUT2D eigenvalue weighted by Crippen LogP contribution is -2.44. The summed E-state index contributed by atoms with van der Waals surface area (Å²) in [7, 11) is 0. The number of piperidine rings is 1. The van der Waals surface area contributed by atoms with Gasteiger partial charge >= 0.3 is 0 Å². The molecule has 0 unspecified atom stereocenters. The third-order valence-corrected chi connectivity index (χ3v) is 7.27. The van der Waals surface area contributed by atoms with Gasteiger partial charge in [0.05, 0.1) is 33.7 Å². The highest BCUT2D eigenvalue weighted by molar-refractivity contribution is 6.42. The Morgan fingerprint density at radius 1 is 1.18 bits per heavy atom. The number of benzene rings is 1. The largest absolute Gasteiger partial charge is 0.379 e. The molecular formula is C24H27Cl2N5O2. The molecule has 1 amide bonds. The first-order valence-corrected chi connectivity index (χ1v) is 12.2. The van der Waals surface area contributed by atoms with Crippen LogP contribution in [-0.2, 0) is 16.0 Å². The number of pyridine rings is 1. The zero-order valence-corrected chi connectivity index (χ0v) is 20.1. The smallest absolute Gasteiger partial charge is 0.223 e. The van der Waals surface area contributed by atoms with Gasteiger partial charge in [0.15, 0.2) is 0 Å². The molecule has 2 saturated heterocycles. The SMILES string of the molecule is CCc1ccc(-n2c(N3CCC(C(=O)N[C@@H]4CCOC4)CC3)nc3cc(Cl)c(Cl)cc32)nc1. The van der Waals surface area contributed by atoms with Crippen LogP contribution in [0.3, 0.4) is 0 Å². The molecule has 0 spiro atoms. The highest BCUT2D eigenvalue weighted by atomic mass is 35.5. The van der Waals surface area contributed by atoms with E-state index in [4.69, 9.17) is 37.9 Å². The van der Waals surface area contributed by atoms with E-state index in [0.29, 0.717) is 16.7 Å². The van der Waals surface area contributed by atoms with Gasteiger partial charge in [0, 0.05) is 31.8 Å². The van der Waals surface area contributed by atoms with Gasteiger partial charge in [-0.15, -0.1) is 0 Å². The van der Waals surface area contributed by atoms with E-state index in [1.165, 1.54) is 5.56 Å². The maximum absolute atomic E-state index is 12.7. The van der Waals surface area contributed by atoms with E-state index in [0.717, 1.165) is 68.2 Å². The van der Waals surface area contributed by atoms with Gasteiger partial charge in [0.25, 0.3) is 0 Å². The summed E-state index contributed by atoms with van der Waals surface area (Å²) in [5, 5.41) is 4.10. The molecule has 2 aliphatic heterocycles. The molecule has 1 atom stereocenters. The lowest BCUT2D eigenvalue weighted by Gasteiger charge is -2.32. The number of hydrogen-bond acceptors (Lipinski definition) is 5. The second-order valence-corrected chi connectivity index (χ2v) is 9.53. The Kier molecular flexibility index (Phi) is 6.45. The van der Waals surface area contributed by atoms with Gasteiger partial charge in [-0.05, 0) is 49.4 Å². The second-order valence-electron chi connectivity index (χ2n) is 8.71. The molecule has 7 nitrogen and oxygen atoms in total. The highest BCUT2D eigenvalue weighted by Gasteiger charge is 2.30. The third kappa shape index (κ3) is 4.54. The van der Waals surface area contributed by atoms with Crippen molar-refractivity contribution in [2.75, 3.05) is 31.2 Å². The molecule has 1 aromatic carbocycles. The number of aryl methyl sites for hydroxylation is 1. The van der Waals surface area contributed by atoms with Crippen LogP contribution < -0.4 is 10.2 Å². The Balaban J connectivity index is 1.42. The maximum atomic E-state index is 12.7. The first kappa shape index (κ1) is 22.4. The van der Waals surface area contributed by atoms with Crippen LogP contribution in [0.4, 0.5) is 5.95 Å². The van der Waals surface area contributed by atoms with Crippen molar-refractivity contribution in [3.8, 4) is 5.82 Å². The molecule has 1 N–H and O–H groups in total. The number of halogens is 2. The van der Waals surface area contributed by atoms with E-state index in [2.05, 4.69) is 23.2 Å². The predicted octanol–water partition coefficient (Wildman–Crippen LogP) is 4.41. The summed E-state index contributed by atoms with van der Waals surface area (Å²) in [5.74, 6) is 1.71. The lowest BCUT2D eigenvalue weighted by atomic mass is 9.95. The van der Waals surface area contributed by atoms with Crippen LogP contribution in [0.2, 0.25) is 10.0 Å². The number of aromatic nitrogens is 3. The Bertz CT molecular complexity index is 1150. The van der Waals surface area contributed by atoms with Crippen molar-refractivity contribution in [2.45, 2.75) is 38.6 Å². The van der Waals surface area contributed by atoms with Crippen LogP contribution in [-0.4, -0.2) is 52.8 Å². The van der Waals surface area contributed by atoms with Gasteiger partial charge < -0.3 is 15.0 Å². The zero-order chi connectivity index (χ0) is 22.9. The van der Waals surface area contributed by atoms with E-state index in [1.54, 1.807) is 6.07 Å². The average Bonchev–Trinajstić information content (AvgIpc) is 3.47. The molecule has 0 aliphatic carbocycles. The van der Waals surface area contributed by atoms with Crippen LogP contribution >= 0.6 is 23.2 Å². The molecule has 3 aromatic rings. The number of nitrogens with zero attached hydrogens (tertiary/aromatic N) is 4. The van der Waals surface area contributed by atoms with Gasteiger partial charge in [-0.2, -0.15) is 0 Å². The van der Waals surface area contributed by atoms with Gasteiger partial charge in [-0.3, -0.25) is 9.36 Å². The van der Waals surface area contributed by atoms with Crippen molar-refractivity contribution in [2.24, 2.45) is 5.92 Å². The minimum Gasteiger partial charge on any atom is -0.379 e. The fourth-order valence-corrected chi connectivity index (χ4v) is 4.88. The van der Waals surface area contributed by atoms with Gasteiger partial charge in [-0.1, -0.05) is 36.2 Å². The number of anilines is 1. The summed E-state index contributed by atoms with van der Waals surface area (Å²) in [6.45, 7) is 4.91. The highest BCUT2D eigenvalue weighted by Crippen LogP contribution is 2.34. The minimum atomic E-state index is 0.00512. The van der Waals surface area contributed by atoms with Gasteiger partial charge in [-0.25, -0.2) is 9.97 Å². The van der Waals surface area contributed by atoms with Crippen LogP contribution in [0.15, 0.2) is 30.5 Å². The summed E-state index contributed by atoms with van der Waals surface area (Å²) < 4.78 is 7.41. The van der Waals surface area contributed by atoms with E-state index in [-0.39, 0.29) is 17.9 Å².